The average Bonchev–Trinajstić information content (AvgIpc) is 1.98. The minimum atomic E-state index is -0.510. The van der Waals surface area contributed by atoms with Crippen molar-refractivity contribution < 1.29 is 14.3 Å². The lowest BCUT2D eigenvalue weighted by atomic mass is 10.2. The van der Waals surface area contributed by atoms with E-state index in [0.717, 1.165) is 0 Å². The molecule has 1 atom stereocenters. The van der Waals surface area contributed by atoms with Crippen LogP contribution in [0.25, 0.3) is 0 Å². The normalized spacial score (nSPS) is 13.2. The van der Waals surface area contributed by atoms with E-state index in [9.17, 15) is 4.79 Å². The van der Waals surface area contributed by atoms with Crippen LogP contribution >= 0.6 is 12.2 Å². The van der Waals surface area contributed by atoms with E-state index in [1.165, 1.54) is 0 Å². The van der Waals surface area contributed by atoms with Gasteiger partial charge in [0.2, 0.25) is 0 Å². The molecule has 0 aromatic carbocycles. The number of alkyl carbamates (subject to hydrolysis) is 1. The molecule has 0 radical (unpaired) electrons. The van der Waals surface area contributed by atoms with E-state index in [-0.39, 0.29) is 12.1 Å². The molecule has 1 amide bonds. The van der Waals surface area contributed by atoms with Crippen LogP contribution < -0.4 is 5.32 Å². The predicted molar refractivity (Wildman–Crippen MR) is 67.7 cm³/mol. The Morgan fingerprint density at radius 2 is 1.75 bits per heavy atom. The van der Waals surface area contributed by atoms with Crippen molar-refractivity contribution >= 4 is 23.4 Å². The summed E-state index contributed by atoms with van der Waals surface area (Å²) in [4.78, 5) is 11.4. The van der Waals surface area contributed by atoms with Crippen molar-refractivity contribution in [2.45, 2.75) is 59.3 Å². The summed E-state index contributed by atoms with van der Waals surface area (Å²) in [5.41, 5.74) is -0.510. The van der Waals surface area contributed by atoms with Crippen molar-refractivity contribution in [1.82, 2.24) is 5.32 Å². The third-order valence-electron chi connectivity index (χ3n) is 1.44. The topological polar surface area (TPSA) is 47.6 Å². The Bertz CT molecular complexity index is 258. The first kappa shape index (κ1) is 15.2. The molecule has 16 heavy (non-hydrogen) atoms. The molecule has 0 saturated carbocycles. The van der Waals surface area contributed by atoms with E-state index in [2.05, 4.69) is 5.32 Å². The van der Waals surface area contributed by atoms with Gasteiger partial charge in [-0.1, -0.05) is 0 Å². The van der Waals surface area contributed by atoms with Crippen LogP contribution in [0.2, 0.25) is 0 Å². The van der Waals surface area contributed by atoms with Gasteiger partial charge < -0.3 is 14.8 Å². The van der Waals surface area contributed by atoms with Crippen LogP contribution in [-0.2, 0) is 9.47 Å². The van der Waals surface area contributed by atoms with Crippen molar-refractivity contribution in [2.75, 3.05) is 0 Å². The highest BCUT2D eigenvalue weighted by Gasteiger charge is 2.20. The zero-order chi connectivity index (χ0) is 12.9. The molecule has 0 spiro atoms. The summed E-state index contributed by atoms with van der Waals surface area (Å²) >= 11 is 5.02. The number of hydrogen-bond acceptors (Lipinski definition) is 4. The number of carbonyl (C=O) groups excluding carboxylic acids is 1. The summed E-state index contributed by atoms with van der Waals surface area (Å²) in [5, 5.41) is 2.98. The van der Waals surface area contributed by atoms with Crippen LogP contribution in [0.3, 0.4) is 0 Å². The molecule has 0 aliphatic heterocycles. The number of amides is 1. The van der Waals surface area contributed by atoms with Crippen molar-refractivity contribution in [3.8, 4) is 0 Å². The first-order valence-corrected chi connectivity index (χ1v) is 5.72. The van der Waals surface area contributed by atoms with Gasteiger partial charge in [0.15, 0.2) is 5.05 Å². The van der Waals surface area contributed by atoms with Crippen LogP contribution in [0.4, 0.5) is 4.79 Å². The molecule has 0 aromatic rings. The third-order valence-corrected chi connectivity index (χ3v) is 1.89. The van der Waals surface area contributed by atoms with E-state index in [1.54, 1.807) is 27.7 Å². The van der Waals surface area contributed by atoms with Crippen LogP contribution in [0.5, 0.6) is 0 Å². The zero-order valence-electron chi connectivity index (χ0n) is 10.8. The van der Waals surface area contributed by atoms with Gasteiger partial charge in [0.1, 0.15) is 5.60 Å². The van der Waals surface area contributed by atoms with Crippen LogP contribution in [-0.4, -0.2) is 28.9 Å². The van der Waals surface area contributed by atoms with E-state index < -0.39 is 11.7 Å². The second-order valence-electron chi connectivity index (χ2n) is 4.85. The fraction of sp³-hybridized carbons (Fsp3) is 0.818. The minimum absolute atomic E-state index is 0.00962. The fourth-order valence-corrected chi connectivity index (χ4v) is 1.13. The summed E-state index contributed by atoms with van der Waals surface area (Å²) in [6.07, 6.45) is -0.481. The molecule has 0 bridgehead atoms. The highest BCUT2D eigenvalue weighted by molar-refractivity contribution is 7.80. The molecule has 0 aliphatic rings. The standard InChI is InChI=1S/C11H21NO3S/c1-7(2)14-9(16)8(3)12-10(13)15-11(4,5)6/h7-8H,1-6H3,(H,12,13). The largest absolute Gasteiger partial charge is 0.482 e. The van der Waals surface area contributed by atoms with Gasteiger partial charge in [-0.15, -0.1) is 0 Å². The van der Waals surface area contributed by atoms with E-state index >= 15 is 0 Å². The molecule has 1 unspecified atom stereocenters. The number of thiocarbonyl (C=S) groups is 1. The molecule has 1 N–H and O–H groups in total. The molecular weight excluding hydrogens is 226 g/mol. The predicted octanol–water partition coefficient (Wildman–Crippen LogP) is 2.65. The average molecular weight is 247 g/mol. The Morgan fingerprint density at radius 3 is 2.12 bits per heavy atom. The summed E-state index contributed by atoms with van der Waals surface area (Å²) in [6.45, 7) is 10.9. The third kappa shape index (κ3) is 7.45. The van der Waals surface area contributed by atoms with Crippen molar-refractivity contribution in [3.63, 3.8) is 0 Å². The van der Waals surface area contributed by atoms with Gasteiger partial charge >= 0.3 is 6.09 Å². The first-order valence-electron chi connectivity index (χ1n) is 5.32. The molecular formula is C11H21NO3S. The van der Waals surface area contributed by atoms with Gasteiger partial charge in [-0.25, -0.2) is 4.79 Å². The maximum atomic E-state index is 11.4. The van der Waals surface area contributed by atoms with Gasteiger partial charge in [0.25, 0.3) is 0 Å². The quantitative estimate of drug-likeness (QED) is 0.779. The summed E-state index contributed by atoms with van der Waals surface area (Å²) in [6, 6.07) is -0.341. The molecule has 0 rings (SSSR count). The molecule has 0 aromatic heterocycles. The highest BCUT2D eigenvalue weighted by atomic mass is 32.1. The lowest BCUT2D eigenvalue weighted by molar-refractivity contribution is 0.0515. The van der Waals surface area contributed by atoms with Gasteiger partial charge in [-0.3, -0.25) is 0 Å². The number of rotatable bonds is 3. The number of ether oxygens (including phenoxy) is 2. The Kier molecular flexibility index (Phi) is 5.72. The number of carbonyl (C=O) groups is 1. The van der Waals surface area contributed by atoms with Crippen molar-refractivity contribution in [2.24, 2.45) is 0 Å². The summed E-state index contributed by atoms with van der Waals surface area (Å²) in [7, 11) is 0. The lowest BCUT2D eigenvalue weighted by Crippen LogP contribution is -2.42. The molecule has 4 nitrogen and oxygen atoms in total. The second-order valence-corrected chi connectivity index (χ2v) is 5.26. The number of hydrogen-bond donors (Lipinski definition) is 1. The Labute approximate surface area is 103 Å². The minimum Gasteiger partial charge on any atom is -0.482 e. The van der Waals surface area contributed by atoms with Crippen molar-refractivity contribution in [1.29, 1.82) is 0 Å². The molecule has 0 fully saturated rings. The second kappa shape index (κ2) is 6.03. The van der Waals surface area contributed by atoms with Crippen LogP contribution in [0.1, 0.15) is 41.5 Å². The van der Waals surface area contributed by atoms with Crippen LogP contribution in [0, 0.1) is 0 Å². The Morgan fingerprint density at radius 1 is 1.25 bits per heavy atom. The van der Waals surface area contributed by atoms with E-state index in [0.29, 0.717) is 5.05 Å². The molecule has 94 valence electrons. The zero-order valence-corrected chi connectivity index (χ0v) is 11.6. The van der Waals surface area contributed by atoms with E-state index in [4.69, 9.17) is 21.7 Å². The molecule has 0 aliphatic carbocycles. The highest BCUT2D eigenvalue weighted by Crippen LogP contribution is 2.07. The lowest BCUT2D eigenvalue weighted by Gasteiger charge is -2.22. The molecule has 5 heteroatoms. The van der Waals surface area contributed by atoms with Gasteiger partial charge in [-0.05, 0) is 53.8 Å². The monoisotopic (exact) mass is 247 g/mol. The Hall–Kier alpha value is -0.840. The SMILES string of the molecule is CC(C)OC(=S)C(C)NC(=O)OC(C)(C)C. The van der Waals surface area contributed by atoms with Gasteiger partial charge in [0, 0.05) is 0 Å². The van der Waals surface area contributed by atoms with Gasteiger partial charge in [0.05, 0.1) is 12.1 Å². The molecule has 0 heterocycles. The smallest absolute Gasteiger partial charge is 0.408 e. The summed E-state index contributed by atoms with van der Waals surface area (Å²) < 4.78 is 10.4. The molecule has 0 saturated heterocycles. The summed E-state index contributed by atoms with van der Waals surface area (Å²) in [5.74, 6) is 0. The number of nitrogens with one attached hydrogen (secondary N) is 1. The maximum absolute atomic E-state index is 11.4. The van der Waals surface area contributed by atoms with Gasteiger partial charge in [-0.2, -0.15) is 0 Å². The fourth-order valence-electron chi connectivity index (χ4n) is 0.878. The van der Waals surface area contributed by atoms with E-state index in [1.807, 2.05) is 13.8 Å². The van der Waals surface area contributed by atoms with Crippen LogP contribution in [0.15, 0.2) is 0 Å². The first-order chi connectivity index (χ1) is 7.11. The maximum Gasteiger partial charge on any atom is 0.408 e. The van der Waals surface area contributed by atoms with Crippen molar-refractivity contribution in [3.05, 3.63) is 0 Å². The Balaban J connectivity index is 4.09.